The summed E-state index contributed by atoms with van der Waals surface area (Å²) in [5.74, 6) is -0.353. The summed E-state index contributed by atoms with van der Waals surface area (Å²) < 4.78 is 24.7. The van der Waals surface area contributed by atoms with Gasteiger partial charge in [-0.1, -0.05) is 26.0 Å². The third kappa shape index (κ3) is 3.66. The lowest BCUT2D eigenvalue weighted by molar-refractivity contribution is 0.0978. The van der Waals surface area contributed by atoms with Crippen molar-refractivity contribution in [2.45, 2.75) is 19.8 Å². The van der Waals surface area contributed by atoms with Gasteiger partial charge in [0.25, 0.3) is 15.9 Å². The summed E-state index contributed by atoms with van der Waals surface area (Å²) in [6.07, 6.45) is 0.896. The van der Waals surface area contributed by atoms with Crippen LogP contribution in [0, 0.1) is 0 Å². The van der Waals surface area contributed by atoms with Crippen molar-refractivity contribution >= 4 is 15.9 Å². The fourth-order valence-electron chi connectivity index (χ4n) is 1.21. The molecule has 0 bridgehead atoms. The SMILES string of the molecule is CC(C)c1ccc(C(=O)[N]S(C)(=O)=O)cc1. The van der Waals surface area contributed by atoms with E-state index in [2.05, 4.69) is 4.72 Å². The second kappa shape index (κ2) is 4.65. The fourth-order valence-corrected chi connectivity index (χ4v) is 1.62. The molecular weight excluding hydrogens is 226 g/mol. The molecule has 87 valence electrons. The van der Waals surface area contributed by atoms with Crippen LogP contribution in [-0.4, -0.2) is 20.6 Å². The molecule has 0 saturated carbocycles. The van der Waals surface area contributed by atoms with Gasteiger partial charge >= 0.3 is 0 Å². The van der Waals surface area contributed by atoms with Gasteiger partial charge in [-0.05, 0) is 23.6 Å². The summed E-state index contributed by atoms with van der Waals surface area (Å²) in [5.41, 5.74) is 1.38. The number of carbonyl (C=O) groups is 1. The lowest BCUT2D eigenvalue weighted by Gasteiger charge is -2.05. The molecule has 1 rings (SSSR count). The molecule has 0 heterocycles. The third-order valence-corrected chi connectivity index (χ3v) is 2.57. The molecule has 0 aliphatic rings. The molecule has 0 aliphatic heterocycles. The smallest absolute Gasteiger partial charge is 0.266 e. The molecule has 4 nitrogen and oxygen atoms in total. The molecule has 1 aromatic rings. The Morgan fingerprint density at radius 2 is 1.69 bits per heavy atom. The Labute approximate surface area is 95.7 Å². The second-order valence-electron chi connectivity index (χ2n) is 3.91. The molecule has 0 N–H and O–H groups in total. The molecule has 16 heavy (non-hydrogen) atoms. The molecule has 0 saturated heterocycles. The minimum Gasteiger partial charge on any atom is -0.266 e. The predicted octanol–water partition coefficient (Wildman–Crippen LogP) is 1.51. The number of benzene rings is 1. The summed E-state index contributed by atoms with van der Waals surface area (Å²) in [6, 6.07) is 6.78. The first-order valence-electron chi connectivity index (χ1n) is 4.87. The van der Waals surface area contributed by atoms with Crippen LogP contribution < -0.4 is 4.72 Å². The number of sulfonamides is 1. The number of carbonyl (C=O) groups excluding carboxylic acids is 1. The highest BCUT2D eigenvalue weighted by atomic mass is 32.2. The van der Waals surface area contributed by atoms with Gasteiger partial charge in [0.15, 0.2) is 0 Å². The Hall–Kier alpha value is -1.36. The molecule has 0 atom stereocenters. The van der Waals surface area contributed by atoms with Crippen LogP contribution in [0.15, 0.2) is 24.3 Å². The topological polar surface area (TPSA) is 65.3 Å². The van der Waals surface area contributed by atoms with Gasteiger partial charge in [0.2, 0.25) is 0 Å². The van der Waals surface area contributed by atoms with Gasteiger partial charge in [0.1, 0.15) is 0 Å². The summed E-state index contributed by atoms with van der Waals surface area (Å²) in [7, 11) is -3.62. The molecular formula is C11H14NO3S. The Morgan fingerprint density at radius 3 is 2.06 bits per heavy atom. The van der Waals surface area contributed by atoms with E-state index in [1.165, 1.54) is 0 Å². The maximum absolute atomic E-state index is 11.4. The first-order valence-corrected chi connectivity index (χ1v) is 6.71. The van der Waals surface area contributed by atoms with Gasteiger partial charge in [-0.2, -0.15) is 0 Å². The van der Waals surface area contributed by atoms with Crippen molar-refractivity contribution in [3.8, 4) is 0 Å². The lowest BCUT2D eigenvalue weighted by Crippen LogP contribution is -2.21. The van der Waals surface area contributed by atoms with Crippen LogP contribution in [0.4, 0.5) is 0 Å². The number of rotatable bonds is 3. The Bertz CT molecular complexity index is 474. The summed E-state index contributed by atoms with van der Waals surface area (Å²) in [4.78, 5) is 11.4. The lowest BCUT2D eigenvalue weighted by atomic mass is 10.0. The number of hydrogen-bond donors (Lipinski definition) is 0. The van der Waals surface area contributed by atoms with Gasteiger partial charge in [-0.15, -0.1) is 4.72 Å². The zero-order valence-corrected chi connectivity index (χ0v) is 10.3. The van der Waals surface area contributed by atoms with Gasteiger partial charge in [0.05, 0.1) is 6.26 Å². The Kier molecular flexibility index (Phi) is 3.70. The summed E-state index contributed by atoms with van der Waals surface area (Å²) in [5, 5.41) is 0. The van der Waals surface area contributed by atoms with E-state index in [1.54, 1.807) is 24.3 Å². The van der Waals surface area contributed by atoms with E-state index in [-0.39, 0.29) is 5.56 Å². The van der Waals surface area contributed by atoms with Crippen LogP contribution in [-0.2, 0) is 10.0 Å². The van der Waals surface area contributed by atoms with E-state index in [1.807, 2.05) is 13.8 Å². The number of hydrogen-bond acceptors (Lipinski definition) is 3. The van der Waals surface area contributed by atoms with Crippen LogP contribution in [0.2, 0.25) is 0 Å². The zero-order chi connectivity index (χ0) is 12.3. The van der Waals surface area contributed by atoms with Crippen molar-refractivity contribution < 1.29 is 13.2 Å². The minimum atomic E-state index is -3.62. The van der Waals surface area contributed by atoms with E-state index in [9.17, 15) is 13.2 Å². The monoisotopic (exact) mass is 240 g/mol. The van der Waals surface area contributed by atoms with Crippen molar-refractivity contribution in [3.63, 3.8) is 0 Å². The summed E-state index contributed by atoms with van der Waals surface area (Å²) in [6.45, 7) is 4.08. The maximum atomic E-state index is 11.4. The molecule has 1 amide bonds. The largest absolute Gasteiger partial charge is 0.287 e. The minimum absolute atomic E-state index is 0.287. The molecule has 5 heteroatoms. The quantitative estimate of drug-likeness (QED) is 0.804. The highest BCUT2D eigenvalue weighted by Crippen LogP contribution is 2.14. The van der Waals surface area contributed by atoms with Crippen molar-refractivity contribution in [1.29, 1.82) is 0 Å². The van der Waals surface area contributed by atoms with Gasteiger partial charge in [-0.3, -0.25) is 4.79 Å². The van der Waals surface area contributed by atoms with Gasteiger partial charge in [-0.25, -0.2) is 8.42 Å². The van der Waals surface area contributed by atoms with E-state index in [0.717, 1.165) is 11.8 Å². The normalized spacial score (nSPS) is 11.5. The van der Waals surface area contributed by atoms with Crippen LogP contribution in [0.5, 0.6) is 0 Å². The molecule has 0 fully saturated rings. The average molecular weight is 240 g/mol. The van der Waals surface area contributed by atoms with Crippen LogP contribution in [0.1, 0.15) is 35.7 Å². The average Bonchev–Trinajstić information content (AvgIpc) is 2.15. The predicted molar refractivity (Wildman–Crippen MR) is 61.8 cm³/mol. The molecule has 1 aromatic carbocycles. The van der Waals surface area contributed by atoms with Crippen LogP contribution in [0.25, 0.3) is 0 Å². The Morgan fingerprint density at radius 1 is 1.19 bits per heavy atom. The standard InChI is InChI=1S/C11H14NO3S/c1-8(2)9-4-6-10(7-5-9)11(13)12-16(3,14)15/h4-8H,1-3H3. The fraction of sp³-hybridized carbons (Fsp3) is 0.364. The molecule has 0 aliphatic carbocycles. The van der Waals surface area contributed by atoms with Crippen molar-refractivity contribution in [1.82, 2.24) is 4.72 Å². The molecule has 0 spiro atoms. The maximum Gasteiger partial charge on any atom is 0.287 e. The van der Waals surface area contributed by atoms with E-state index < -0.39 is 15.9 Å². The first-order chi connectivity index (χ1) is 7.29. The van der Waals surface area contributed by atoms with Crippen molar-refractivity contribution in [3.05, 3.63) is 35.4 Å². The molecule has 0 unspecified atom stereocenters. The van der Waals surface area contributed by atoms with Gasteiger partial charge < -0.3 is 0 Å². The highest BCUT2D eigenvalue weighted by Gasteiger charge is 2.13. The second-order valence-corrected chi connectivity index (χ2v) is 5.55. The van der Waals surface area contributed by atoms with Crippen LogP contribution in [0.3, 0.4) is 0 Å². The highest BCUT2D eigenvalue weighted by molar-refractivity contribution is 7.89. The van der Waals surface area contributed by atoms with E-state index in [4.69, 9.17) is 0 Å². The summed E-state index contributed by atoms with van der Waals surface area (Å²) >= 11 is 0. The first kappa shape index (κ1) is 12.7. The third-order valence-electron chi connectivity index (χ3n) is 2.07. The van der Waals surface area contributed by atoms with Crippen molar-refractivity contribution in [2.75, 3.05) is 6.26 Å². The van der Waals surface area contributed by atoms with E-state index >= 15 is 0 Å². The van der Waals surface area contributed by atoms with Gasteiger partial charge in [0, 0.05) is 5.56 Å². The number of amides is 1. The number of nitrogens with zero attached hydrogens (tertiary/aromatic N) is 1. The van der Waals surface area contributed by atoms with Crippen LogP contribution >= 0.6 is 0 Å². The molecule has 0 aromatic heterocycles. The molecule has 1 radical (unpaired) electrons. The van der Waals surface area contributed by atoms with E-state index in [0.29, 0.717) is 5.92 Å². The zero-order valence-electron chi connectivity index (χ0n) is 9.47. The van der Waals surface area contributed by atoms with Crippen molar-refractivity contribution in [2.24, 2.45) is 0 Å². The Balaban J connectivity index is 2.86.